The van der Waals surface area contributed by atoms with Crippen LogP contribution in [0.5, 0.6) is 0 Å². The molecule has 0 radical (unpaired) electrons. The van der Waals surface area contributed by atoms with E-state index in [4.69, 9.17) is 0 Å². The molecule has 1 N–H and O–H groups in total. The molecule has 1 atom stereocenters. The standard InChI is InChI=1S/C8H10FNO/c1-2-8(11)6-3-4-10-5-7(6)9/h3-5,8,11H,2H2,1H3/t8-/m1/s1. The number of hydrogen-bond donors (Lipinski definition) is 1. The number of pyridine rings is 1. The Bertz CT molecular complexity index is 239. The molecular formula is C8H10FNO. The van der Waals surface area contributed by atoms with Crippen molar-refractivity contribution in [3.63, 3.8) is 0 Å². The maximum atomic E-state index is 12.8. The van der Waals surface area contributed by atoms with Gasteiger partial charge in [0.05, 0.1) is 12.3 Å². The maximum absolute atomic E-state index is 12.8. The Balaban J connectivity index is 2.93. The molecule has 1 rings (SSSR count). The van der Waals surface area contributed by atoms with Gasteiger partial charge in [-0.15, -0.1) is 0 Å². The second-order valence-electron chi connectivity index (χ2n) is 2.32. The molecule has 0 aliphatic heterocycles. The van der Waals surface area contributed by atoms with Gasteiger partial charge in [0.15, 0.2) is 0 Å². The lowest BCUT2D eigenvalue weighted by atomic mass is 10.1. The van der Waals surface area contributed by atoms with Crippen molar-refractivity contribution in [3.05, 3.63) is 29.8 Å². The van der Waals surface area contributed by atoms with Gasteiger partial charge in [-0.25, -0.2) is 4.39 Å². The van der Waals surface area contributed by atoms with E-state index < -0.39 is 11.9 Å². The van der Waals surface area contributed by atoms with Crippen molar-refractivity contribution in [3.8, 4) is 0 Å². The van der Waals surface area contributed by atoms with E-state index in [0.717, 1.165) is 6.20 Å². The first-order valence-electron chi connectivity index (χ1n) is 3.53. The van der Waals surface area contributed by atoms with Gasteiger partial charge >= 0.3 is 0 Å². The maximum Gasteiger partial charge on any atom is 0.147 e. The fourth-order valence-corrected chi connectivity index (χ4v) is 0.876. The average molecular weight is 155 g/mol. The van der Waals surface area contributed by atoms with Crippen LogP contribution in [0.3, 0.4) is 0 Å². The van der Waals surface area contributed by atoms with Gasteiger partial charge in [0, 0.05) is 11.8 Å². The summed E-state index contributed by atoms with van der Waals surface area (Å²) >= 11 is 0. The molecule has 0 bridgehead atoms. The van der Waals surface area contributed by atoms with Gasteiger partial charge < -0.3 is 5.11 Å². The molecule has 0 unspecified atom stereocenters. The third kappa shape index (κ3) is 1.74. The molecule has 1 heterocycles. The lowest BCUT2D eigenvalue weighted by Crippen LogP contribution is -1.98. The quantitative estimate of drug-likeness (QED) is 0.704. The van der Waals surface area contributed by atoms with Crippen LogP contribution in [-0.2, 0) is 0 Å². The normalized spacial score (nSPS) is 13.0. The number of aromatic nitrogens is 1. The van der Waals surface area contributed by atoms with Crippen LogP contribution in [0.25, 0.3) is 0 Å². The number of nitrogens with zero attached hydrogens (tertiary/aromatic N) is 1. The van der Waals surface area contributed by atoms with Crippen LogP contribution in [0.15, 0.2) is 18.5 Å². The van der Waals surface area contributed by atoms with Gasteiger partial charge in [0.2, 0.25) is 0 Å². The van der Waals surface area contributed by atoms with Crippen molar-refractivity contribution in [2.75, 3.05) is 0 Å². The van der Waals surface area contributed by atoms with E-state index in [0.29, 0.717) is 12.0 Å². The molecule has 11 heavy (non-hydrogen) atoms. The molecule has 0 fully saturated rings. The highest BCUT2D eigenvalue weighted by Crippen LogP contribution is 2.17. The Labute approximate surface area is 64.7 Å². The monoisotopic (exact) mass is 155 g/mol. The SMILES string of the molecule is CC[C@@H](O)c1ccncc1F. The number of hydrogen-bond acceptors (Lipinski definition) is 2. The van der Waals surface area contributed by atoms with Gasteiger partial charge in [-0.1, -0.05) is 6.92 Å². The summed E-state index contributed by atoms with van der Waals surface area (Å²) < 4.78 is 12.8. The molecule has 0 aromatic carbocycles. The Morgan fingerprint density at radius 1 is 1.73 bits per heavy atom. The zero-order chi connectivity index (χ0) is 8.27. The van der Waals surface area contributed by atoms with Crippen LogP contribution in [-0.4, -0.2) is 10.1 Å². The van der Waals surface area contributed by atoms with Crippen molar-refractivity contribution in [1.82, 2.24) is 4.98 Å². The molecule has 2 nitrogen and oxygen atoms in total. The first kappa shape index (κ1) is 8.14. The fraction of sp³-hybridized carbons (Fsp3) is 0.375. The van der Waals surface area contributed by atoms with Gasteiger partial charge in [0.1, 0.15) is 5.82 Å². The molecule has 3 heteroatoms. The number of aliphatic hydroxyl groups excluding tert-OH is 1. The number of rotatable bonds is 2. The van der Waals surface area contributed by atoms with E-state index in [1.54, 1.807) is 6.92 Å². The van der Waals surface area contributed by atoms with Crippen LogP contribution in [0, 0.1) is 5.82 Å². The second-order valence-corrected chi connectivity index (χ2v) is 2.32. The summed E-state index contributed by atoms with van der Waals surface area (Å²) in [5.74, 6) is -0.443. The summed E-state index contributed by atoms with van der Waals surface area (Å²) in [6.07, 6.45) is 2.38. The smallest absolute Gasteiger partial charge is 0.147 e. The summed E-state index contributed by atoms with van der Waals surface area (Å²) in [5, 5.41) is 9.24. The highest BCUT2D eigenvalue weighted by molar-refractivity contribution is 5.15. The Hall–Kier alpha value is -0.960. The summed E-state index contributed by atoms with van der Waals surface area (Å²) in [6.45, 7) is 1.80. The average Bonchev–Trinajstić information content (AvgIpc) is 2.04. The molecule has 0 saturated carbocycles. The zero-order valence-corrected chi connectivity index (χ0v) is 6.29. The predicted octanol–water partition coefficient (Wildman–Crippen LogP) is 1.66. The first-order valence-corrected chi connectivity index (χ1v) is 3.53. The van der Waals surface area contributed by atoms with E-state index in [9.17, 15) is 9.50 Å². The molecule has 0 aliphatic carbocycles. The largest absolute Gasteiger partial charge is 0.388 e. The number of aliphatic hydroxyl groups is 1. The second kappa shape index (κ2) is 3.44. The molecular weight excluding hydrogens is 145 g/mol. The molecule has 60 valence electrons. The van der Waals surface area contributed by atoms with E-state index in [1.807, 2.05) is 0 Å². The molecule has 0 saturated heterocycles. The Kier molecular flexibility index (Phi) is 2.54. The lowest BCUT2D eigenvalue weighted by molar-refractivity contribution is 0.168. The van der Waals surface area contributed by atoms with E-state index in [-0.39, 0.29) is 0 Å². The van der Waals surface area contributed by atoms with Crippen LogP contribution in [0.2, 0.25) is 0 Å². The summed E-state index contributed by atoms with van der Waals surface area (Å²) in [5.41, 5.74) is 0.322. The summed E-state index contributed by atoms with van der Waals surface area (Å²) in [6, 6.07) is 1.49. The van der Waals surface area contributed by atoms with Crippen LogP contribution in [0.4, 0.5) is 4.39 Å². The van der Waals surface area contributed by atoms with Gasteiger partial charge in [-0.2, -0.15) is 0 Å². The van der Waals surface area contributed by atoms with E-state index in [1.165, 1.54) is 12.3 Å². The summed E-state index contributed by atoms with van der Waals surface area (Å²) in [7, 11) is 0. The van der Waals surface area contributed by atoms with Crippen LogP contribution < -0.4 is 0 Å². The van der Waals surface area contributed by atoms with E-state index >= 15 is 0 Å². The van der Waals surface area contributed by atoms with E-state index in [2.05, 4.69) is 4.98 Å². The highest BCUT2D eigenvalue weighted by Gasteiger charge is 2.08. The molecule has 1 aromatic rings. The minimum Gasteiger partial charge on any atom is -0.388 e. The fourth-order valence-electron chi connectivity index (χ4n) is 0.876. The molecule has 0 amide bonds. The molecule has 0 aliphatic rings. The van der Waals surface area contributed by atoms with Crippen molar-refractivity contribution in [1.29, 1.82) is 0 Å². The van der Waals surface area contributed by atoms with Crippen molar-refractivity contribution >= 4 is 0 Å². The Morgan fingerprint density at radius 2 is 2.45 bits per heavy atom. The molecule has 0 spiro atoms. The Morgan fingerprint density at radius 3 is 3.00 bits per heavy atom. The first-order chi connectivity index (χ1) is 5.25. The molecule has 1 aromatic heterocycles. The third-order valence-corrected chi connectivity index (χ3v) is 1.55. The highest BCUT2D eigenvalue weighted by atomic mass is 19.1. The van der Waals surface area contributed by atoms with Gasteiger partial charge in [-0.3, -0.25) is 4.98 Å². The zero-order valence-electron chi connectivity index (χ0n) is 6.29. The van der Waals surface area contributed by atoms with Crippen LogP contribution >= 0.6 is 0 Å². The summed E-state index contributed by atoms with van der Waals surface area (Å²) in [4.78, 5) is 3.58. The van der Waals surface area contributed by atoms with Crippen molar-refractivity contribution < 1.29 is 9.50 Å². The minimum absolute atomic E-state index is 0.322. The lowest BCUT2D eigenvalue weighted by Gasteiger charge is -2.07. The number of halogens is 1. The predicted molar refractivity (Wildman–Crippen MR) is 39.4 cm³/mol. The van der Waals surface area contributed by atoms with Crippen LogP contribution in [0.1, 0.15) is 25.0 Å². The third-order valence-electron chi connectivity index (χ3n) is 1.55. The van der Waals surface area contributed by atoms with Gasteiger partial charge in [0.25, 0.3) is 0 Å². The topological polar surface area (TPSA) is 33.1 Å². The van der Waals surface area contributed by atoms with Gasteiger partial charge in [-0.05, 0) is 12.5 Å². The van der Waals surface area contributed by atoms with Crippen molar-refractivity contribution in [2.45, 2.75) is 19.4 Å². The minimum atomic E-state index is -0.710. The van der Waals surface area contributed by atoms with Crippen molar-refractivity contribution in [2.24, 2.45) is 0 Å².